The third kappa shape index (κ3) is 5.08. The Morgan fingerprint density at radius 1 is 1.09 bits per heavy atom. The first-order valence-electron chi connectivity index (χ1n) is 10.5. The molecule has 1 unspecified atom stereocenters. The predicted molar refractivity (Wildman–Crippen MR) is 120 cm³/mol. The van der Waals surface area contributed by atoms with E-state index in [4.69, 9.17) is 4.74 Å². The second kappa shape index (κ2) is 9.64. The van der Waals surface area contributed by atoms with E-state index < -0.39 is 5.92 Å². The molecule has 1 aliphatic heterocycles. The average molecular weight is 450 g/mol. The molecule has 4 rings (SSSR count). The Hall–Kier alpha value is -4.01. The molecule has 2 heterocycles. The summed E-state index contributed by atoms with van der Waals surface area (Å²) in [4.78, 5) is 38.8. The molecule has 0 bridgehead atoms. The smallest absolute Gasteiger partial charge is 0.266 e. The van der Waals surface area contributed by atoms with Crippen LogP contribution >= 0.6 is 0 Å². The van der Waals surface area contributed by atoms with Crippen LogP contribution in [0.2, 0.25) is 0 Å². The number of methoxy groups -OCH3 is 1. The molecule has 1 saturated heterocycles. The molecule has 0 saturated carbocycles. The fraction of sp³-hybridized carbons (Fsp3) is 0.250. The Morgan fingerprint density at radius 2 is 1.82 bits per heavy atom. The Balaban J connectivity index is 1.34. The van der Waals surface area contributed by atoms with Gasteiger partial charge in [0.25, 0.3) is 5.56 Å². The van der Waals surface area contributed by atoms with Crippen LogP contribution in [-0.2, 0) is 16.1 Å². The summed E-state index contributed by atoms with van der Waals surface area (Å²) >= 11 is 0. The molecular formula is C24H23FN4O4. The van der Waals surface area contributed by atoms with Crippen molar-refractivity contribution in [2.24, 2.45) is 5.92 Å². The summed E-state index contributed by atoms with van der Waals surface area (Å²) in [6.07, 6.45) is 0.121. The van der Waals surface area contributed by atoms with E-state index in [9.17, 15) is 18.8 Å². The van der Waals surface area contributed by atoms with Gasteiger partial charge in [-0.1, -0.05) is 0 Å². The summed E-state index contributed by atoms with van der Waals surface area (Å²) in [6.45, 7) is 0.642. The van der Waals surface area contributed by atoms with Gasteiger partial charge in [-0.15, -0.1) is 0 Å². The maximum Gasteiger partial charge on any atom is 0.266 e. The molecule has 1 aliphatic rings. The van der Waals surface area contributed by atoms with E-state index in [1.807, 2.05) is 0 Å². The molecule has 3 aromatic rings. The number of hydrogen-bond donors (Lipinski definition) is 1. The number of anilines is 1. The van der Waals surface area contributed by atoms with Crippen molar-refractivity contribution in [3.05, 3.63) is 76.8 Å². The highest BCUT2D eigenvalue weighted by Crippen LogP contribution is 2.26. The number of carbonyl (C=O) groups excluding carboxylic acids is 2. The molecule has 1 N–H and O–H groups in total. The summed E-state index contributed by atoms with van der Waals surface area (Å²) in [5, 5.41) is 7.09. The monoisotopic (exact) mass is 450 g/mol. The lowest BCUT2D eigenvalue weighted by Crippen LogP contribution is -2.36. The topological polar surface area (TPSA) is 93.5 Å². The first kappa shape index (κ1) is 22.2. The highest BCUT2D eigenvalue weighted by Gasteiger charge is 2.35. The number of rotatable bonds is 7. The number of nitrogens with zero attached hydrogens (tertiary/aromatic N) is 3. The molecule has 8 nitrogen and oxygen atoms in total. The van der Waals surface area contributed by atoms with Crippen molar-refractivity contribution in [2.45, 2.75) is 13.0 Å². The van der Waals surface area contributed by atoms with Crippen molar-refractivity contribution in [3.8, 4) is 17.0 Å². The van der Waals surface area contributed by atoms with Crippen LogP contribution < -0.4 is 20.5 Å². The van der Waals surface area contributed by atoms with E-state index >= 15 is 0 Å². The number of amides is 2. The van der Waals surface area contributed by atoms with Gasteiger partial charge in [0.2, 0.25) is 11.8 Å². The minimum atomic E-state index is -0.477. The maximum absolute atomic E-state index is 13.1. The molecule has 1 atom stereocenters. The van der Waals surface area contributed by atoms with Gasteiger partial charge in [0, 0.05) is 36.8 Å². The Bertz CT molecular complexity index is 1210. The lowest BCUT2D eigenvalue weighted by Gasteiger charge is -2.17. The van der Waals surface area contributed by atoms with Gasteiger partial charge >= 0.3 is 0 Å². The van der Waals surface area contributed by atoms with Crippen LogP contribution in [0.5, 0.6) is 5.75 Å². The zero-order valence-corrected chi connectivity index (χ0v) is 18.0. The number of halogens is 1. The van der Waals surface area contributed by atoms with Gasteiger partial charge in [0.05, 0.1) is 25.3 Å². The van der Waals surface area contributed by atoms with Crippen LogP contribution in [0.1, 0.15) is 6.42 Å². The van der Waals surface area contributed by atoms with Crippen molar-refractivity contribution < 1.29 is 18.7 Å². The minimum Gasteiger partial charge on any atom is -0.497 e. The number of carbonyl (C=O) groups is 2. The van der Waals surface area contributed by atoms with Gasteiger partial charge in [-0.05, 0) is 54.6 Å². The first-order valence-corrected chi connectivity index (χ1v) is 10.5. The number of hydrogen-bond acceptors (Lipinski definition) is 5. The highest BCUT2D eigenvalue weighted by atomic mass is 19.1. The quantitative estimate of drug-likeness (QED) is 0.596. The van der Waals surface area contributed by atoms with Crippen molar-refractivity contribution >= 4 is 17.5 Å². The van der Waals surface area contributed by atoms with Crippen LogP contribution in [0.25, 0.3) is 11.3 Å². The summed E-state index contributed by atoms with van der Waals surface area (Å²) in [7, 11) is 1.57. The molecule has 33 heavy (non-hydrogen) atoms. The van der Waals surface area contributed by atoms with Gasteiger partial charge in [0.1, 0.15) is 11.6 Å². The third-order valence-electron chi connectivity index (χ3n) is 5.51. The number of nitrogens with one attached hydrogen (secondary N) is 1. The molecule has 0 aliphatic carbocycles. The van der Waals surface area contributed by atoms with E-state index in [0.717, 1.165) is 0 Å². The summed E-state index contributed by atoms with van der Waals surface area (Å²) in [5.74, 6) is -0.514. The zero-order valence-electron chi connectivity index (χ0n) is 18.0. The predicted octanol–water partition coefficient (Wildman–Crippen LogP) is 2.23. The van der Waals surface area contributed by atoms with Gasteiger partial charge in [-0.3, -0.25) is 14.4 Å². The van der Waals surface area contributed by atoms with Gasteiger partial charge in [0.15, 0.2) is 0 Å². The van der Waals surface area contributed by atoms with Crippen molar-refractivity contribution in [2.75, 3.05) is 25.1 Å². The molecule has 2 aromatic carbocycles. The van der Waals surface area contributed by atoms with Crippen molar-refractivity contribution in [1.29, 1.82) is 0 Å². The summed E-state index contributed by atoms with van der Waals surface area (Å²) in [6, 6.07) is 15.9. The minimum absolute atomic E-state index is 0.120. The molecule has 1 aromatic heterocycles. The van der Waals surface area contributed by atoms with E-state index in [1.54, 1.807) is 54.5 Å². The van der Waals surface area contributed by atoms with E-state index in [1.165, 1.54) is 22.9 Å². The molecule has 2 amide bonds. The van der Waals surface area contributed by atoms with Gasteiger partial charge in [-0.2, -0.15) is 5.10 Å². The SMILES string of the molecule is COc1ccc(N2CC(C(=O)NCCn3nc(-c4ccc(F)cc4)ccc3=O)CC2=O)cc1. The second-order valence-electron chi connectivity index (χ2n) is 7.68. The molecule has 1 fully saturated rings. The van der Waals surface area contributed by atoms with Gasteiger partial charge in [-0.25, -0.2) is 9.07 Å². The zero-order chi connectivity index (χ0) is 23.4. The molecule has 0 radical (unpaired) electrons. The molecule has 0 spiro atoms. The Kier molecular flexibility index (Phi) is 6.48. The number of aromatic nitrogens is 2. The van der Waals surface area contributed by atoms with Crippen LogP contribution in [0.15, 0.2) is 65.5 Å². The van der Waals surface area contributed by atoms with Gasteiger partial charge < -0.3 is 15.0 Å². The normalized spacial score (nSPS) is 15.5. The Labute approximate surface area is 189 Å². The van der Waals surface area contributed by atoms with E-state index in [-0.39, 0.29) is 49.2 Å². The summed E-state index contributed by atoms with van der Waals surface area (Å²) in [5.41, 5.74) is 1.61. The fourth-order valence-corrected chi connectivity index (χ4v) is 3.71. The molecule has 170 valence electrons. The fourth-order valence-electron chi connectivity index (χ4n) is 3.71. The first-order chi connectivity index (χ1) is 15.9. The van der Waals surface area contributed by atoms with Crippen LogP contribution in [0.4, 0.5) is 10.1 Å². The van der Waals surface area contributed by atoms with E-state index in [0.29, 0.717) is 22.7 Å². The maximum atomic E-state index is 13.1. The van der Waals surface area contributed by atoms with Crippen LogP contribution in [0, 0.1) is 11.7 Å². The Morgan fingerprint density at radius 3 is 2.52 bits per heavy atom. The third-order valence-corrected chi connectivity index (χ3v) is 5.51. The number of ether oxygens (including phenoxy) is 1. The largest absolute Gasteiger partial charge is 0.497 e. The standard InChI is InChI=1S/C24H23FN4O4/c1-33-20-8-6-19(7-9-20)28-15-17(14-23(28)31)24(32)26-12-13-29-22(30)11-10-21(27-29)16-2-4-18(25)5-3-16/h2-11,17H,12-15H2,1H3,(H,26,32). The number of benzene rings is 2. The van der Waals surface area contributed by atoms with Crippen molar-refractivity contribution in [1.82, 2.24) is 15.1 Å². The van der Waals surface area contributed by atoms with E-state index in [2.05, 4.69) is 10.4 Å². The lowest BCUT2D eigenvalue weighted by atomic mass is 10.1. The van der Waals surface area contributed by atoms with Crippen LogP contribution in [0.3, 0.4) is 0 Å². The van der Waals surface area contributed by atoms with Crippen LogP contribution in [-0.4, -0.2) is 41.8 Å². The molecule has 9 heteroatoms. The highest BCUT2D eigenvalue weighted by molar-refractivity contribution is 6.00. The average Bonchev–Trinajstić information content (AvgIpc) is 3.22. The second-order valence-corrected chi connectivity index (χ2v) is 7.68. The molecular weight excluding hydrogens is 427 g/mol. The van der Waals surface area contributed by atoms with Crippen molar-refractivity contribution in [3.63, 3.8) is 0 Å². The summed E-state index contributed by atoms with van der Waals surface area (Å²) < 4.78 is 19.5. The lowest BCUT2D eigenvalue weighted by molar-refractivity contribution is -0.126.